The topological polar surface area (TPSA) is 29.1 Å². The first kappa shape index (κ1) is 16.3. The molecule has 1 aliphatic carbocycles. The Morgan fingerprint density at radius 2 is 1.73 bits per heavy atom. The van der Waals surface area contributed by atoms with Crippen LogP contribution in [0.4, 0.5) is 0 Å². The number of hydrogen-bond donors (Lipinski definition) is 1. The van der Waals surface area contributed by atoms with Crippen LogP contribution in [0.1, 0.15) is 59.5 Å². The van der Waals surface area contributed by atoms with Gasteiger partial charge in [0.15, 0.2) is 0 Å². The fraction of sp³-hybridized carbons (Fsp3) is 0.611. The molecule has 1 N–H and O–H groups in total. The van der Waals surface area contributed by atoms with Crippen LogP contribution in [0.25, 0.3) is 0 Å². The van der Waals surface area contributed by atoms with Crippen LogP contribution in [0.2, 0.25) is 0 Å². The van der Waals surface area contributed by atoms with Crippen LogP contribution in [0.15, 0.2) is 24.3 Å². The van der Waals surface area contributed by atoms with Crippen LogP contribution in [0.3, 0.4) is 0 Å². The molecule has 22 heavy (non-hydrogen) atoms. The summed E-state index contributed by atoms with van der Waals surface area (Å²) in [6.07, 6.45) is 6.22. The van der Waals surface area contributed by atoms with Crippen molar-refractivity contribution < 1.29 is 4.79 Å². The highest BCUT2D eigenvalue weighted by atomic mass is 32.2. The van der Waals surface area contributed by atoms with Crippen LogP contribution in [-0.4, -0.2) is 23.5 Å². The van der Waals surface area contributed by atoms with Gasteiger partial charge in [-0.05, 0) is 54.4 Å². The van der Waals surface area contributed by atoms with E-state index in [1.54, 1.807) is 0 Å². The van der Waals surface area contributed by atoms with Crippen LogP contribution in [-0.2, 0) is 0 Å². The summed E-state index contributed by atoms with van der Waals surface area (Å²) >= 11 is 4.04. The van der Waals surface area contributed by atoms with Gasteiger partial charge in [0.2, 0.25) is 0 Å². The first-order valence-corrected chi connectivity index (χ1v) is 10.5. The Morgan fingerprint density at radius 1 is 1.05 bits per heavy atom. The van der Waals surface area contributed by atoms with Gasteiger partial charge in [-0.3, -0.25) is 4.79 Å². The first-order valence-electron chi connectivity index (χ1n) is 8.38. The van der Waals surface area contributed by atoms with Gasteiger partial charge in [0.05, 0.1) is 4.58 Å². The van der Waals surface area contributed by atoms with E-state index in [-0.39, 0.29) is 5.91 Å². The molecule has 0 spiro atoms. The minimum absolute atomic E-state index is 0.0919. The second-order valence-electron chi connectivity index (χ2n) is 6.39. The fourth-order valence-corrected chi connectivity index (χ4v) is 6.15. The lowest BCUT2D eigenvalue weighted by Gasteiger charge is -2.29. The van der Waals surface area contributed by atoms with E-state index >= 15 is 0 Å². The molecule has 0 unspecified atom stereocenters. The molecule has 2 aliphatic rings. The van der Waals surface area contributed by atoms with E-state index in [1.807, 2.05) is 35.7 Å². The number of amides is 1. The quantitative estimate of drug-likeness (QED) is 0.855. The van der Waals surface area contributed by atoms with E-state index in [2.05, 4.69) is 24.4 Å². The molecule has 2 fully saturated rings. The second-order valence-corrected chi connectivity index (χ2v) is 9.12. The maximum atomic E-state index is 12.4. The normalized spacial score (nSPS) is 26.6. The Kier molecular flexibility index (Phi) is 5.75. The standard InChI is InChI=1S/C18H25NOS2/c1-13-5-2-3-6-16(13)19-17(20)14-7-9-15(10-8-14)18-21-11-4-12-22-18/h7-10,13,16,18H,2-6,11-12H2,1H3,(H,19,20)/t13-,16-/m0/s1. The van der Waals surface area contributed by atoms with Gasteiger partial charge in [-0.2, -0.15) is 0 Å². The number of carbonyl (C=O) groups excluding carboxylic acids is 1. The number of thioether (sulfide) groups is 2. The lowest BCUT2D eigenvalue weighted by Crippen LogP contribution is -2.41. The molecular formula is C18H25NOS2. The van der Waals surface area contributed by atoms with Gasteiger partial charge < -0.3 is 5.32 Å². The minimum Gasteiger partial charge on any atom is -0.349 e. The maximum Gasteiger partial charge on any atom is 0.251 e. The number of hydrogen-bond acceptors (Lipinski definition) is 3. The molecule has 0 bridgehead atoms. The summed E-state index contributed by atoms with van der Waals surface area (Å²) in [6.45, 7) is 2.25. The third-order valence-electron chi connectivity index (χ3n) is 4.70. The zero-order chi connectivity index (χ0) is 15.4. The predicted octanol–water partition coefficient (Wildman–Crippen LogP) is 4.86. The maximum absolute atomic E-state index is 12.4. The summed E-state index contributed by atoms with van der Waals surface area (Å²) in [4.78, 5) is 12.4. The number of benzene rings is 1. The molecular weight excluding hydrogens is 310 g/mol. The Labute approximate surface area is 142 Å². The molecule has 0 aromatic heterocycles. The molecule has 1 heterocycles. The molecule has 2 atom stereocenters. The van der Waals surface area contributed by atoms with Crippen molar-refractivity contribution in [3.8, 4) is 0 Å². The molecule has 1 aromatic carbocycles. The van der Waals surface area contributed by atoms with Crippen LogP contribution < -0.4 is 5.32 Å². The van der Waals surface area contributed by atoms with Crippen molar-refractivity contribution in [1.29, 1.82) is 0 Å². The van der Waals surface area contributed by atoms with Crippen molar-refractivity contribution in [2.24, 2.45) is 5.92 Å². The predicted molar refractivity (Wildman–Crippen MR) is 97.6 cm³/mol. The summed E-state index contributed by atoms with van der Waals surface area (Å²) < 4.78 is 0.546. The SMILES string of the molecule is C[C@H]1CCCC[C@@H]1NC(=O)c1ccc(C2SCCCS2)cc1. The Morgan fingerprint density at radius 3 is 2.41 bits per heavy atom. The summed E-state index contributed by atoms with van der Waals surface area (Å²) in [5.74, 6) is 3.19. The van der Waals surface area contributed by atoms with Gasteiger partial charge in [-0.25, -0.2) is 0 Å². The van der Waals surface area contributed by atoms with Gasteiger partial charge in [0.25, 0.3) is 5.91 Å². The van der Waals surface area contributed by atoms with Gasteiger partial charge in [0.1, 0.15) is 0 Å². The van der Waals surface area contributed by atoms with Crippen molar-refractivity contribution in [1.82, 2.24) is 5.32 Å². The highest BCUT2D eigenvalue weighted by Gasteiger charge is 2.23. The van der Waals surface area contributed by atoms with Crippen molar-refractivity contribution in [3.05, 3.63) is 35.4 Å². The average molecular weight is 336 g/mol. The largest absolute Gasteiger partial charge is 0.349 e. The summed E-state index contributed by atoms with van der Waals surface area (Å²) in [6, 6.07) is 8.61. The van der Waals surface area contributed by atoms with Crippen LogP contribution >= 0.6 is 23.5 Å². The third-order valence-corrected chi connectivity index (χ3v) is 7.72. The molecule has 1 saturated heterocycles. The molecule has 3 rings (SSSR count). The molecule has 120 valence electrons. The van der Waals surface area contributed by atoms with E-state index < -0.39 is 0 Å². The highest BCUT2D eigenvalue weighted by Crippen LogP contribution is 2.43. The monoisotopic (exact) mass is 335 g/mol. The van der Waals surface area contributed by atoms with Crippen molar-refractivity contribution in [3.63, 3.8) is 0 Å². The Bertz CT molecular complexity index is 496. The number of nitrogens with one attached hydrogen (secondary N) is 1. The van der Waals surface area contributed by atoms with Crippen molar-refractivity contribution in [2.75, 3.05) is 11.5 Å². The zero-order valence-electron chi connectivity index (χ0n) is 13.2. The van der Waals surface area contributed by atoms with E-state index in [0.717, 1.165) is 12.0 Å². The number of carbonyl (C=O) groups is 1. The highest BCUT2D eigenvalue weighted by molar-refractivity contribution is 8.16. The van der Waals surface area contributed by atoms with E-state index in [0.29, 0.717) is 16.5 Å². The van der Waals surface area contributed by atoms with Gasteiger partial charge >= 0.3 is 0 Å². The molecule has 4 heteroatoms. The summed E-state index contributed by atoms with van der Waals surface area (Å²) in [7, 11) is 0. The zero-order valence-corrected chi connectivity index (χ0v) is 14.8. The van der Waals surface area contributed by atoms with E-state index in [9.17, 15) is 4.79 Å². The van der Waals surface area contributed by atoms with E-state index in [4.69, 9.17) is 0 Å². The summed E-state index contributed by atoms with van der Waals surface area (Å²) in [5.41, 5.74) is 2.14. The van der Waals surface area contributed by atoms with Crippen LogP contribution in [0.5, 0.6) is 0 Å². The van der Waals surface area contributed by atoms with Gasteiger partial charge in [-0.15, -0.1) is 23.5 Å². The molecule has 1 saturated carbocycles. The first-order chi connectivity index (χ1) is 10.7. The summed E-state index contributed by atoms with van der Waals surface area (Å²) in [5, 5.41) is 3.23. The molecule has 2 nitrogen and oxygen atoms in total. The lowest BCUT2D eigenvalue weighted by molar-refractivity contribution is 0.0910. The molecule has 0 radical (unpaired) electrons. The minimum atomic E-state index is 0.0919. The Hall–Kier alpha value is -0.610. The molecule has 1 amide bonds. The Balaban J connectivity index is 1.60. The molecule has 1 aromatic rings. The van der Waals surface area contributed by atoms with Crippen molar-refractivity contribution in [2.45, 2.75) is 49.7 Å². The lowest BCUT2D eigenvalue weighted by atomic mass is 9.86. The van der Waals surface area contributed by atoms with Gasteiger partial charge in [0, 0.05) is 11.6 Å². The average Bonchev–Trinajstić information content (AvgIpc) is 2.58. The van der Waals surface area contributed by atoms with Crippen LogP contribution in [0, 0.1) is 5.92 Å². The third kappa shape index (κ3) is 4.02. The van der Waals surface area contributed by atoms with E-state index in [1.165, 1.54) is 42.8 Å². The second kappa shape index (κ2) is 7.78. The number of rotatable bonds is 3. The van der Waals surface area contributed by atoms with Gasteiger partial charge in [-0.1, -0.05) is 31.9 Å². The smallest absolute Gasteiger partial charge is 0.251 e. The fourth-order valence-electron chi connectivity index (χ4n) is 3.25. The van der Waals surface area contributed by atoms with Crippen molar-refractivity contribution >= 4 is 29.4 Å². The molecule has 1 aliphatic heterocycles.